The summed E-state index contributed by atoms with van der Waals surface area (Å²) in [6.45, 7) is 13.2. The number of ether oxygens (including phenoxy) is 1. The van der Waals surface area contributed by atoms with Gasteiger partial charge < -0.3 is 19.0 Å². The van der Waals surface area contributed by atoms with Gasteiger partial charge in [-0.05, 0) is 34.6 Å². The summed E-state index contributed by atoms with van der Waals surface area (Å²) in [4.78, 5) is 15.9. The predicted molar refractivity (Wildman–Crippen MR) is 78.3 cm³/mol. The maximum absolute atomic E-state index is 12.2. The molecule has 1 fully saturated rings. The molecule has 118 valence electrons. The van der Waals surface area contributed by atoms with Crippen LogP contribution >= 0.6 is 0 Å². The molecule has 1 aromatic rings. The van der Waals surface area contributed by atoms with Crippen LogP contribution in [0.5, 0.6) is 0 Å². The van der Waals surface area contributed by atoms with Crippen LogP contribution < -0.4 is 4.90 Å². The number of nitrogens with zero attached hydrogens (tertiary/aromatic N) is 4. The van der Waals surface area contributed by atoms with Crippen molar-refractivity contribution in [2.45, 2.75) is 52.7 Å². The molecule has 0 aromatic carbocycles. The summed E-state index contributed by atoms with van der Waals surface area (Å²) in [5.74, 6) is 0.537. The molecule has 0 atom stereocenters. The second-order valence-electron chi connectivity index (χ2n) is 6.97. The van der Waals surface area contributed by atoms with Gasteiger partial charge in [0.15, 0.2) is 0 Å². The third-order valence-corrected chi connectivity index (χ3v) is 3.30. The van der Waals surface area contributed by atoms with Gasteiger partial charge in [0.2, 0.25) is 5.89 Å². The van der Waals surface area contributed by atoms with Crippen LogP contribution in [0.25, 0.3) is 0 Å². The van der Waals surface area contributed by atoms with Crippen molar-refractivity contribution < 1.29 is 13.9 Å². The minimum absolute atomic E-state index is 0.281. The van der Waals surface area contributed by atoms with Gasteiger partial charge in [-0.3, -0.25) is 0 Å². The van der Waals surface area contributed by atoms with Crippen LogP contribution in [-0.2, 0) is 4.74 Å². The molecule has 0 radical (unpaired) electrons. The smallest absolute Gasteiger partial charge is 0.410 e. The molecule has 7 heteroatoms. The molecular formula is C14H24N4O3. The highest BCUT2D eigenvalue weighted by Gasteiger charge is 2.39. The SMILES string of the molecule is Cc1nnc(N2CCN(C(=O)OC(C)(C)C)CC2(C)C)o1. The molecule has 0 saturated carbocycles. The number of piperazine rings is 1. The lowest BCUT2D eigenvalue weighted by atomic mass is 10.00. The molecule has 2 heterocycles. The van der Waals surface area contributed by atoms with E-state index in [4.69, 9.17) is 9.15 Å². The van der Waals surface area contributed by atoms with Crippen molar-refractivity contribution in [2.75, 3.05) is 24.5 Å². The molecule has 0 N–H and O–H groups in total. The van der Waals surface area contributed by atoms with Crippen molar-refractivity contribution in [2.24, 2.45) is 0 Å². The molecule has 0 bridgehead atoms. The Bertz CT molecular complexity index is 519. The molecule has 7 nitrogen and oxygen atoms in total. The van der Waals surface area contributed by atoms with E-state index in [1.807, 2.05) is 39.5 Å². The second-order valence-corrected chi connectivity index (χ2v) is 6.97. The van der Waals surface area contributed by atoms with Crippen molar-refractivity contribution in [3.63, 3.8) is 0 Å². The quantitative estimate of drug-likeness (QED) is 0.791. The fourth-order valence-electron chi connectivity index (χ4n) is 2.39. The van der Waals surface area contributed by atoms with Gasteiger partial charge in [0.25, 0.3) is 0 Å². The molecule has 1 amide bonds. The Balaban J connectivity index is 2.07. The van der Waals surface area contributed by atoms with Gasteiger partial charge in [0.1, 0.15) is 5.60 Å². The van der Waals surface area contributed by atoms with Gasteiger partial charge >= 0.3 is 12.1 Å². The summed E-state index contributed by atoms with van der Waals surface area (Å²) >= 11 is 0. The molecule has 1 aliphatic rings. The van der Waals surface area contributed by atoms with Crippen LogP contribution in [0.4, 0.5) is 10.8 Å². The van der Waals surface area contributed by atoms with E-state index in [1.54, 1.807) is 11.8 Å². The molecule has 1 aromatic heterocycles. The summed E-state index contributed by atoms with van der Waals surface area (Å²) in [6, 6.07) is 0.501. The van der Waals surface area contributed by atoms with E-state index < -0.39 is 5.60 Å². The number of hydrogen-bond acceptors (Lipinski definition) is 6. The Morgan fingerprint density at radius 2 is 1.95 bits per heavy atom. The van der Waals surface area contributed by atoms with Crippen molar-refractivity contribution in [1.82, 2.24) is 15.1 Å². The van der Waals surface area contributed by atoms with Gasteiger partial charge in [-0.2, -0.15) is 0 Å². The Kier molecular flexibility index (Phi) is 3.86. The van der Waals surface area contributed by atoms with Crippen molar-refractivity contribution in [1.29, 1.82) is 0 Å². The average molecular weight is 296 g/mol. The third kappa shape index (κ3) is 3.65. The van der Waals surface area contributed by atoms with Crippen molar-refractivity contribution in [3.8, 4) is 0 Å². The summed E-state index contributed by atoms with van der Waals surface area (Å²) in [6.07, 6.45) is -0.281. The van der Waals surface area contributed by atoms with Gasteiger partial charge in [-0.15, -0.1) is 5.10 Å². The van der Waals surface area contributed by atoms with E-state index in [0.29, 0.717) is 31.5 Å². The monoisotopic (exact) mass is 296 g/mol. The average Bonchev–Trinajstić information content (AvgIpc) is 2.71. The number of carbonyl (C=O) groups is 1. The molecule has 1 saturated heterocycles. The minimum atomic E-state index is -0.484. The first-order chi connectivity index (χ1) is 9.58. The van der Waals surface area contributed by atoms with Crippen LogP contribution in [0.2, 0.25) is 0 Å². The lowest BCUT2D eigenvalue weighted by Crippen LogP contribution is -2.61. The van der Waals surface area contributed by atoms with Gasteiger partial charge in [0, 0.05) is 26.6 Å². The van der Waals surface area contributed by atoms with E-state index in [2.05, 4.69) is 10.2 Å². The maximum atomic E-state index is 12.2. The summed E-state index contributed by atoms with van der Waals surface area (Å²) in [5.41, 5.74) is -0.782. The Hall–Kier alpha value is -1.79. The van der Waals surface area contributed by atoms with Crippen LogP contribution in [0.15, 0.2) is 4.42 Å². The molecule has 1 aliphatic heterocycles. The highest BCUT2D eigenvalue weighted by atomic mass is 16.6. The Morgan fingerprint density at radius 1 is 1.29 bits per heavy atom. The van der Waals surface area contributed by atoms with Gasteiger partial charge in [0.05, 0.1) is 5.54 Å². The van der Waals surface area contributed by atoms with Crippen LogP contribution in [-0.4, -0.2) is 52.0 Å². The molecule has 0 unspecified atom stereocenters. The topological polar surface area (TPSA) is 71.7 Å². The van der Waals surface area contributed by atoms with E-state index in [0.717, 1.165) is 0 Å². The van der Waals surface area contributed by atoms with Crippen molar-refractivity contribution >= 4 is 12.1 Å². The van der Waals surface area contributed by atoms with Crippen molar-refractivity contribution in [3.05, 3.63) is 5.89 Å². The number of rotatable bonds is 1. The van der Waals surface area contributed by atoms with E-state index in [-0.39, 0.29) is 11.6 Å². The number of aryl methyl sites for hydroxylation is 1. The first-order valence-corrected chi connectivity index (χ1v) is 7.14. The number of hydrogen-bond donors (Lipinski definition) is 0. The largest absolute Gasteiger partial charge is 0.444 e. The summed E-state index contributed by atoms with van der Waals surface area (Å²) in [7, 11) is 0. The van der Waals surface area contributed by atoms with E-state index in [1.165, 1.54) is 0 Å². The zero-order chi connectivity index (χ0) is 15.8. The van der Waals surface area contributed by atoms with Crippen LogP contribution in [0, 0.1) is 6.92 Å². The molecular weight excluding hydrogens is 272 g/mol. The first kappa shape index (κ1) is 15.6. The fraction of sp³-hybridized carbons (Fsp3) is 0.786. The Labute approximate surface area is 125 Å². The fourth-order valence-corrected chi connectivity index (χ4v) is 2.39. The van der Waals surface area contributed by atoms with E-state index in [9.17, 15) is 4.79 Å². The number of carbonyl (C=O) groups excluding carboxylic acids is 1. The zero-order valence-corrected chi connectivity index (χ0v) is 13.6. The highest BCUT2D eigenvalue weighted by molar-refractivity contribution is 5.68. The molecule has 2 rings (SSSR count). The van der Waals surface area contributed by atoms with Crippen LogP contribution in [0.1, 0.15) is 40.5 Å². The first-order valence-electron chi connectivity index (χ1n) is 7.14. The lowest BCUT2D eigenvalue weighted by molar-refractivity contribution is 0.0175. The zero-order valence-electron chi connectivity index (χ0n) is 13.6. The van der Waals surface area contributed by atoms with Gasteiger partial charge in [-0.1, -0.05) is 5.10 Å². The summed E-state index contributed by atoms with van der Waals surface area (Å²) in [5, 5.41) is 7.94. The Morgan fingerprint density at radius 3 is 2.43 bits per heavy atom. The van der Waals surface area contributed by atoms with Gasteiger partial charge in [-0.25, -0.2) is 4.79 Å². The number of aromatic nitrogens is 2. The maximum Gasteiger partial charge on any atom is 0.410 e. The lowest BCUT2D eigenvalue weighted by Gasteiger charge is -2.46. The predicted octanol–water partition coefficient (Wildman–Crippen LogP) is 2.21. The third-order valence-electron chi connectivity index (χ3n) is 3.30. The minimum Gasteiger partial charge on any atom is -0.444 e. The molecule has 0 spiro atoms. The number of anilines is 1. The van der Waals surface area contributed by atoms with E-state index >= 15 is 0 Å². The molecule has 21 heavy (non-hydrogen) atoms. The molecule has 0 aliphatic carbocycles. The normalized spacial score (nSPS) is 18.8. The van der Waals surface area contributed by atoms with Crippen LogP contribution in [0.3, 0.4) is 0 Å². The standard InChI is InChI=1S/C14H24N4O3/c1-10-15-16-11(20-10)18-8-7-17(9-14(18,5)6)12(19)21-13(2,3)4/h7-9H2,1-6H3. The second kappa shape index (κ2) is 5.20. The highest BCUT2D eigenvalue weighted by Crippen LogP contribution is 2.27. The number of amides is 1. The summed E-state index contributed by atoms with van der Waals surface area (Å²) < 4.78 is 10.9.